The zero-order valence-corrected chi connectivity index (χ0v) is 25.8. The molecule has 10 nitrogen and oxygen atoms in total. The van der Waals surface area contributed by atoms with Gasteiger partial charge >= 0.3 is 0 Å². The number of anilines is 2. The van der Waals surface area contributed by atoms with Gasteiger partial charge in [0.25, 0.3) is 5.91 Å². The molecule has 5 rings (SSSR count). The van der Waals surface area contributed by atoms with Crippen molar-refractivity contribution >= 4 is 30.8 Å². The normalized spacial score (nSPS) is 16.3. The zero-order chi connectivity index (χ0) is 29.0. The van der Waals surface area contributed by atoms with Crippen molar-refractivity contribution in [1.82, 2.24) is 14.9 Å². The van der Waals surface area contributed by atoms with Crippen molar-refractivity contribution in [3.8, 4) is 11.8 Å². The maximum atomic E-state index is 13.2. The fraction of sp³-hybridized carbons (Fsp3) is 0.500. The van der Waals surface area contributed by atoms with Gasteiger partial charge in [-0.05, 0) is 61.2 Å². The molecule has 11 heteroatoms. The summed E-state index contributed by atoms with van der Waals surface area (Å²) >= 11 is 0. The van der Waals surface area contributed by atoms with Gasteiger partial charge in [-0.1, -0.05) is 30.4 Å². The van der Waals surface area contributed by atoms with Gasteiger partial charge in [0.15, 0.2) is 11.4 Å². The number of furan rings is 1. The lowest BCUT2D eigenvalue weighted by molar-refractivity contribution is 0.0378. The van der Waals surface area contributed by atoms with Crippen LogP contribution in [-0.2, 0) is 17.6 Å². The van der Waals surface area contributed by atoms with E-state index in [2.05, 4.69) is 57.7 Å². The third kappa shape index (κ3) is 6.74. The molecule has 1 amide bonds. The number of aryl methyl sites for hydroxylation is 2. The number of hydrogen-bond donors (Lipinski definition) is 2. The van der Waals surface area contributed by atoms with Gasteiger partial charge in [-0.2, -0.15) is 9.97 Å². The van der Waals surface area contributed by atoms with E-state index in [-0.39, 0.29) is 23.2 Å². The molecule has 1 fully saturated rings. The van der Waals surface area contributed by atoms with Crippen molar-refractivity contribution in [3.05, 3.63) is 52.5 Å². The maximum absolute atomic E-state index is 13.2. The van der Waals surface area contributed by atoms with E-state index in [0.29, 0.717) is 18.9 Å². The minimum Gasteiger partial charge on any atom is -0.479 e. The van der Waals surface area contributed by atoms with Crippen molar-refractivity contribution in [3.63, 3.8) is 0 Å². The van der Waals surface area contributed by atoms with E-state index in [0.717, 1.165) is 45.0 Å². The highest BCUT2D eigenvalue weighted by atomic mass is 28.3. The fourth-order valence-corrected chi connectivity index (χ4v) is 8.40. The number of carbonyl (C=O) groups excluding carboxylic acids is 1. The number of fused-ring (bicyclic) bond motifs is 1. The molecular formula is C30H41N5O5Si. The van der Waals surface area contributed by atoms with Crippen LogP contribution in [-0.4, -0.2) is 82.5 Å². The van der Waals surface area contributed by atoms with Gasteiger partial charge in [-0.25, -0.2) is 0 Å². The molecule has 1 aromatic carbocycles. The van der Waals surface area contributed by atoms with Crippen LogP contribution in [0.15, 0.2) is 28.7 Å². The summed E-state index contributed by atoms with van der Waals surface area (Å²) in [4.78, 5) is 24.4. The minimum absolute atomic E-state index is 0.197. The summed E-state index contributed by atoms with van der Waals surface area (Å²) in [5, 5.41) is 7.60. The number of ether oxygens (including phenoxy) is 3. The van der Waals surface area contributed by atoms with E-state index in [1.807, 2.05) is 6.07 Å². The molecule has 1 saturated heterocycles. The van der Waals surface area contributed by atoms with E-state index >= 15 is 0 Å². The third-order valence-corrected chi connectivity index (χ3v) is 11.5. The van der Waals surface area contributed by atoms with Crippen LogP contribution < -0.4 is 25.3 Å². The van der Waals surface area contributed by atoms with Crippen LogP contribution in [0.25, 0.3) is 0 Å². The number of carbonyl (C=O) groups is 1. The number of methoxy groups -OCH3 is 2. The second kappa shape index (κ2) is 12.6. The Bertz CT molecular complexity index is 1360. The number of morpholine rings is 1. The number of amides is 1. The van der Waals surface area contributed by atoms with Crippen molar-refractivity contribution in [1.29, 1.82) is 0 Å². The lowest BCUT2D eigenvalue weighted by atomic mass is 10.0. The predicted octanol–water partition coefficient (Wildman–Crippen LogP) is 3.84. The van der Waals surface area contributed by atoms with Crippen LogP contribution in [0, 0.1) is 6.92 Å². The van der Waals surface area contributed by atoms with Crippen molar-refractivity contribution in [2.75, 3.05) is 64.2 Å². The van der Waals surface area contributed by atoms with Gasteiger partial charge in [0.1, 0.15) is 5.76 Å². The highest BCUT2D eigenvalue weighted by Crippen LogP contribution is 2.33. The Morgan fingerprint density at radius 3 is 2.54 bits per heavy atom. The SMILES string of the molecule is COc1nc(NCCCN2CCOCC2)nc(OC)c1NC(=O)c1ccc(Cc2cc3c(cc2C)CC[Si]3(C)C)o1. The first-order valence-corrected chi connectivity index (χ1v) is 17.5. The van der Waals surface area contributed by atoms with Crippen LogP contribution in [0.5, 0.6) is 11.8 Å². The Hall–Kier alpha value is -3.41. The summed E-state index contributed by atoms with van der Waals surface area (Å²) in [5.74, 6) is 1.28. The topological polar surface area (TPSA) is 111 Å². The van der Waals surface area contributed by atoms with Crippen molar-refractivity contribution in [2.24, 2.45) is 0 Å². The molecule has 3 aromatic rings. The van der Waals surface area contributed by atoms with Gasteiger partial charge < -0.3 is 29.3 Å². The average Bonchev–Trinajstić information content (AvgIpc) is 3.56. The zero-order valence-electron chi connectivity index (χ0n) is 24.8. The van der Waals surface area contributed by atoms with Crippen LogP contribution in [0.2, 0.25) is 19.1 Å². The molecular weight excluding hydrogens is 538 g/mol. The van der Waals surface area contributed by atoms with Crippen LogP contribution >= 0.6 is 0 Å². The smallest absolute Gasteiger partial charge is 0.291 e. The van der Waals surface area contributed by atoms with Gasteiger partial charge in [0, 0.05) is 26.1 Å². The minimum atomic E-state index is -1.37. The summed E-state index contributed by atoms with van der Waals surface area (Å²) in [6, 6.07) is 9.57. The molecule has 2 aliphatic rings. The fourth-order valence-electron chi connectivity index (χ4n) is 5.61. The maximum Gasteiger partial charge on any atom is 0.291 e. The third-order valence-electron chi connectivity index (χ3n) is 8.07. The Balaban J connectivity index is 1.23. The highest BCUT2D eigenvalue weighted by Gasteiger charge is 2.32. The molecule has 0 spiro atoms. The molecule has 220 valence electrons. The molecule has 0 unspecified atom stereocenters. The van der Waals surface area contributed by atoms with Gasteiger partial charge in [-0.3, -0.25) is 9.69 Å². The number of hydrogen-bond acceptors (Lipinski definition) is 9. The van der Waals surface area contributed by atoms with Crippen LogP contribution in [0.1, 0.15) is 39.4 Å². The Morgan fingerprint density at radius 1 is 1.10 bits per heavy atom. The second-order valence-electron chi connectivity index (χ2n) is 11.4. The van der Waals surface area contributed by atoms with E-state index in [1.165, 1.54) is 43.4 Å². The molecule has 2 aromatic heterocycles. The average molecular weight is 580 g/mol. The van der Waals surface area contributed by atoms with E-state index in [1.54, 1.807) is 11.3 Å². The number of nitrogens with zero attached hydrogens (tertiary/aromatic N) is 3. The van der Waals surface area contributed by atoms with Gasteiger partial charge in [0.2, 0.25) is 17.7 Å². The standard InChI is InChI=1S/C30H41N5O5Si/c1-20-17-21-9-16-41(4,5)25(21)19-22(20)18-23-7-8-24(40-23)27(36)32-26-28(37-2)33-30(34-29(26)38-3)31-10-6-11-35-12-14-39-15-13-35/h7-8,17,19H,6,9-16,18H2,1-5H3,(H,32,36)(H,31,33,34). The van der Waals surface area contributed by atoms with Crippen molar-refractivity contribution < 1.29 is 23.4 Å². The van der Waals surface area contributed by atoms with Crippen molar-refractivity contribution in [2.45, 2.75) is 45.3 Å². The number of rotatable bonds is 11. The number of aromatic nitrogens is 2. The lowest BCUT2D eigenvalue weighted by Gasteiger charge is -2.26. The second-order valence-corrected chi connectivity index (χ2v) is 16.2. The first-order valence-electron chi connectivity index (χ1n) is 14.3. The van der Waals surface area contributed by atoms with Crippen LogP contribution in [0.3, 0.4) is 0 Å². The Labute approximate surface area is 242 Å². The summed E-state index contributed by atoms with van der Waals surface area (Å²) in [6.07, 6.45) is 2.75. The summed E-state index contributed by atoms with van der Waals surface area (Å²) in [6.45, 7) is 12.2. The summed E-state index contributed by atoms with van der Waals surface area (Å²) < 4.78 is 22.4. The van der Waals surface area contributed by atoms with E-state index < -0.39 is 14.0 Å². The molecule has 2 N–H and O–H groups in total. The highest BCUT2D eigenvalue weighted by molar-refractivity contribution is 6.91. The first-order chi connectivity index (χ1) is 19.8. The van der Waals surface area contributed by atoms with Gasteiger partial charge in [-0.15, -0.1) is 0 Å². The summed E-state index contributed by atoms with van der Waals surface area (Å²) in [5.41, 5.74) is 4.26. The van der Waals surface area contributed by atoms with E-state index in [4.69, 9.17) is 18.6 Å². The molecule has 0 radical (unpaired) electrons. The largest absolute Gasteiger partial charge is 0.479 e. The molecule has 0 saturated carbocycles. The number of nitrogens with one attached hydrogen (secondary N) is 2. The molecule has 41 heavy (non-hydrogen) atoms. The Morgan fingerprint density at radius 2 is 1.83 bits per heavy atom. The van der Waals surface area contributed by atoms with E-state index in [9.17, 15) is 4.79 Å². The monoisotopic (exact) mass is 579 g/mol. The molecule has 0 aliphatic carbocycles. The lowest BCUT2D eigenvalue weighted by Crippen LogP contribution is -2.38. The molecule has 0 atom stereocenters. The molecule has 0 bridgehead atoms. The predicted molar refractivity (Wildman–Crippen MR) is 162 cm³/mol. The van der Waals surface area contributed by atoms with Crippen LogP contribution in [0.4, 0.5) is 11.6 Å². The van der Waals surface area contributed by atoms with Gasteiger partial charge in [0.05, 0.1) is 35.5 Å². The quantitative estimate of drug-likeness (QED) is 0.259. The molecule has 4 heterocycles. The Kier molecular flexibility index (Phi) is 8.96. The molecule has 2 aliphatic heterocycles. The number of benzene rings is 1. The summed E-state index contributed by atoms with van der Waals surface area (Å²) in [7, 11) is 1.62. The first kappa shape index (κ1) is 29.1.